The van der Waals surface area contributed by atoms with Gasteiger partial charge in [0, 0.05) is 13.1 Å². The van der Waals surface area contributed by atoms with Crippen LogP contribution in [0.4, 0.5) is 0 Å². The molecule has 1 atom stereocenters. The van der Waals surface area contributed by atoms with Gasteiger partial charge < -0.3 is 9.64 Å². The Morgan fingerprint density at radius 1 is 1.75 bits per heavy atom. The van der Waals surface area contributed by atoms with Gasteiger partial charge in [-0.15, -0.1) is 0 Å². The number of rotatable bonds is 3. The number of carbonyl (C=O) groups is 2. The van der Waals surface area contributed by atoms with Gasteiger partial charge in [0.25, 0.3) is 0 Å². The van der Waals surface area contributed by atoms with Crippen LogP contribution in [-0.2, 0) is 14.3 Å². The van der Waals surface area contributed by atoms with Crippen molar-refractivity contribution < 1.29 is 14.3 Å². The highest BCUT2D eigenvalue weighted by molar-refractivity contribution is 5.73. The van der Waals surface area contributed by atoms with Crippen LogP contribution in [0.5, 0.6) is 0 Å². The van der Waals surface area contributed by atoms with Crippen LogP contribution in [0.2, 0.25) is 0 Å². The molecule has 1 unspecified atom stereocenters. The fourth-order valence-electron chi connectivity index (χ4n) is 1.34. The molecule has 1 heterocycles. The van der Waals surface area contributed by atoms with E-state index < -0.39 is 0 Å². The number of esters is 1. The first-order chi connectivity index (χ1) is 5.77. The second kappa shape index (κ2) is 4.09. The van der Waals surface area contributed by atoms with Gasteiger partial charge in [-0.1, -0.05) is 0 Å². The van der Waals surface area contributed by atoms with Crippen LogP contribution in [0, 0.1) is 5.92 Å². The molecule has 1 rings (SSSR count). The number of nitrogens with zero attached hydrogens (tertiary/aromatic N) is 1. The van der Waals surface area contributed by atoms with Crippen molar-refractivity contribution in [3.63, 3.8) is 0 Å². The molecule has 0 radical (unpaired) electrons. The first-order valence-electron chi connectivity index (χ1n) is 4.14. The molecule has 1 fully saturated rings. The minimum atomic E-state index is -0.179. The van der Waals surface area contributed by atoms with Gasteiger partial charge in [-0.3, -0.25) is 9.59 Å². The first kappa shape index (κ1) is 9.03. The maximum absolute atomic E-state index is 11.1. The molecule has 1 aliphatic rings. The zero-order valence-corrected chi connectivity index (χ0v) is 7.16. The average Bonchev–Trinajstić information content (AvgIpc) is 2.52. The summed E-state index contributed by atoms with van der Waals surface area (Å²) in [6.45, 7) is 3.39. The molecule has 68 valence electrons. The molecule has 1 saturated heterocycles. The Kier molecular flexibility index (Phi) is 3.08. The Hall–Kier alpha value is -1.06. The van der Waals surface area contributed by atoms with Crippen LogP contribution >= 0.6 is 0 Å². The summed E-state index contributed by atoms with van der Waals surface area (Å²) in [4.78, 5) is 23.0. The molecule has 12 heavy (non-hydrogen) atoms. The van der Waals surface area contributed by atoms with E-state index in [0.717, 1.165) is 12.8 Å². The van der Waals surface area contributed by atoms with E-state index in [-0.39, 0.29) is 11.9 Å². The Bertz CT molecular complexity index is 181. The molecule has 0 aromatic heterocycles. The summed E-state index contributed by atoms with van der Waals surface area (Å²) in [5.74, 6) is -0.281. The van der Waals surface area contributed by atoms with Gasteiger partial charge in [0.05, 0.1) is 12.5 Å². The lowest BCUT2D eigenvalue weighted by molar-refractivity contribution is -0.147. The highest BCUT2D eigenvalue weighted by Gasteiger charge is 2.28. The molecule has 0 spiro atoms. The number of amides is 1. The van der Waals surface area contributed by atoms with E-state index in [1.54, 1.807) is 11.8 Å². The highest BCUT2D eigenvalue weighted by atomic mass is 16.5. The monoisotopic (exact) mass is 171 g/mol. The molecule has 0 N–H and O–H groups in total. The molecule has 0 bridgehead atoms. The Balaban J connectivity index is 2.35. The summed E-state index contributed by atoms with van der Waals surface area (Å²) in [5, 5.41) is 0. The molecule has 4 heteroatoms. The molecule has 0 saturated carbocycles. The van der Waals surface area contributed by atoms with E-state index in [2.05, 4.69) is 0 Å². The summed E-state index contributed by atoms with van der Waals surface area (Å²) in [7, 11) is 0. The van der Waals surface area contributed by atoms with Crippen LogP contribution in [0.25, 0.3) is 0 Å². The van der Waals surface area contributed by atoms with Crippen molar-refractivity contribution in [2.75, 3.05) is 19.7 Å². The van der Waals surface area contributed by atoms with E-state index in [0.29, 0.717) is 19.7 Å². The van der Waals surface area contributed by atoms with Crippen molar-refractivity contribution in [2.45, 2.75) is 13.3 Å². The maximum Gasteiger partial charge on any atom is 0.310 e. The minimum absolute atomic E-state index is 0.102. The number of carbonyl (C=O) groups excluding carboxylic acids is 2. The molecule has 0 aliphatic carbocycles. The maximum atomic E-state index is 11.1. The van der Waals surface area contributed by atoms with Crippen molar-refractivity contribution in [1.82, 2.24) is 4.90 Å². The zero-order valence-electron chi connectivity index (χ0n) is 7.16. The predicted octanol–water partition coefficient (Wildman–Crippen LogP) is 0.0278. The lowest BCUT2D eigenvalue weighted by atomic mass is 10.1. The molecular weight excluding hydrogens is 158 g/mol. The van der Waals surface area contributed by atoms with Crippen molar-refractivity contribution >= 4 is 12.4 Å². The Labute approximate surface area is 71.5 Å². The standard InChI is InChI=1S/C8H13NO3/c1-2-12-8(11)7-3-4-9(5-7)6-10/h6-7H,2-5H2,1H3. The van der Waals surface area contributed by atoms with Crippen LogP contribution < -0.4 is 0 Å². The van der Waals surface area contributed by atoms with Crippen LogP contribution in [0.15, 0.2) is 0 Å². The van der Waals surface area contributed by atoms with Crippen molar-refractivity contribution in [3.8, 4) is 0 Å². The summed E-state index contributed by atoms with van der Waals surface area (Å²) in [6.07, 6.45) is 1.51. The van der Waals surface area contributed by atoms with Crippen molar-refractivity contribution in [1.29, 1.82) is 0 Å². The molecule has 0 aromatic carbocycles. The predicted molar refractivity (Wildman–Crippen MR) is 42.4 cm³/mol. The molecule has 1 amide bonds. The molecular formula is C8H13NO3. The van der Waals surface area contributed by atoms with E-state index in [9.17, 15) is 9.59 Å². The zero-order chi connectivity index (χ0) is 8.97. The van der Waals surface area contributed by atoms with Gasteiger partial charge >= 0.3 is 5.97 Å². The largest absolute Gasteiger partial charge is 0.466 e. The second-order valence-electron chi connectivity index (χ2n) is 2.84. The third kappa shape index (κ3) is 1.96. The third-order valence-electron chi connectivity index (χ3n) is 1.99. The fourth-order valence-corrected chi connectivity index (χ4v) is 1.34. The van der Waals surface area contributed by atoms with E-state index >= 15 is 0 Å². The topological polar surface area (TPSA) is 46.6 Å². The van der Waals surface area contributed by atoms with Gasteiger partial charge in [0.2, 0.25) is 6.41 Å². The normalized spacial score (nSPS) is 22.4. The van der Waals surface area contributed by atoms with Crippen LogP contribution in [-0.4, -0.2) is 37.0 Å². The van der Waals surface area contributed by atoms with Gasteiger partial charge in [0.1, 0.15) is 0 Å². The van der Waals surface area contributed by atoms with Crippen LogP contribution in [0.1, 0.15) is 13.3 Å². The SMILES string of the molecule is CCOC(=O)C1CCN(C=O)C1. The summed E-state index contributed by atoms with van der Waals surface area (Å²) in [6, 6.07) is 0. The fraction of sp³-hybridized carbons (Fsp3) is 0.750. The van der Waals surface area contributed by atoms with Gasteiger partial charge in [-0.05, 0) is 13.3 Å². The van der Waals surface area contributed by atoms with Gasteiger partial charge in [-0.25, -0.2) is 0 Å². The van der Waals surface area contributed by atoms with E-state index in [4.69, 9.17) is 4.74 Å². The quantitative estimate of drug-likeness (QED) is 0.444. The van der Waals surface area contributed by atoms with Crippen LogP contribution in [0.3, 0.4) is 0 Å². The van der Waals surface area contributed by atoms with Gasteiger partial charge in [0.15, 0.2) is 0 Å². The van der Waals surface area contributed by atoms with Crippen molar-refractivity contribution in [2.24, 2.45) is 5.92 Å². The minimum Gasteiger partial charge on any atom is -0.466 e. The van der Waals surface area contributed by atoms with E-state index in [1.165, 1.54) is 0 Å². The second-order valence-corrected chi connectivity index (χ2v) is 2.84. The van der Waals surface area contributed by atoms with Gasteiger partial charge in [-0.2, -0.15) is 0 Å². The molecule has 0 aromatic rings. The molecule has 1 aliphatic heterocycles. The Morgan fingerprint density at radius 2 is 2.50 bits per heavy atom. The summed E-state index contributed by atoms with van der Waals surface area (Å²) >= 11 is 0. The van der Waals surface area contributed by atoms with Crippen molar-refractivity contribution in [3.05, 3.63) is 0 Å². The lowest BCUT2D eigenvalue weighted by Gasteiger charge is -2.08. The third-order valence-corrected chi connectivity index (χ3v) is 1.99. The number of ether oxygens (including phenoxy) is 1. The Morgan fingerprint density at radius 3 is 3.00 bits per heavy atom. The molecule has 4 nitrogen and oxygen atoms in total. The number of hydrogen-bond donors (Lipinski definition) is 0. The average molecular weight is 171 g/mol. The number of likely N-dealkylation sites (tertiary alicyclic amines) is 1. The first-order valence-corrected chi connectivity index (χ1v) is 4.14. The summed E-state index contributed by atoms with van der Waals surface area (Å²) in [5.41, 5.74) is 0. The summed E-state index contributed by atoms with van der Waals surface area (Å²) < 4.78 is 4.84. The lowest BCUT2D eigenvalue weighted by Crippen LogP contribution is -2.23. The van der Waals surface area contributed by atoms with E-state index in [1.807, 2.05) is 0 Å². The smallest absolute Gasteiger partial charge is 0.310 e. The number of hydrogen-bond acceptors (Lipinski definition) is 3. The highest BCUT2D eigenvalue weighted by Crippen LogP contribution is 2.15.